The first kappa shape index (κ1) is 11.6. The molecule has 1 atom stereocenters. The Labute approximate surface area is 98.9 Å². The average molecular weight is 239 g/mol. The van der Waals surface area contributed by atoms with E-state index in [1.807, 2.05) is 25.4 Å². The van der Waals surface area contributed by atoms with E-state index in [0.29, 0.717) is 6.54 Å². The van der Waals surface area contributed by atoms with Crippen molar-refractivity contribution in [2.24, 2.45) is 0 Å². The van der Waals surface area contributed by atoms with E-state index in [4.69, 9.17) is 0 Å². The molecule has 16 heavy (non-hydrogen) atoms. The first-order valence-corrected chi connectivity index (χ1v) is 6.40. The van der Waals surface area contributed by atoms with Crippen LogP contribution in [-0.2, 0) is 6.54 Å². The van der Waals surface area contributed by atoms with Crippen molar-refractivity contribution in [1.29, 1.82) is 0 Å². The molecule has 0 saturated carbocycles. The molecule has 4 nitrogen and oxygen atoms in total. The smallest absolute Gasteiger partial charge is 0.194 e. The standard InChI is InChI=1S/C11H17N3OS/c1-3-9(15)6-12-7-10-8(2)13-11-14(10)4-5-16-11/h4-5,9,12,15H,3,6-7H2,1-2H3. The minimum absolute atomic E-state index is 0.258. The van der Waals surface area contributed by atoms with Gasteiger partial charge in [-0.05, 0) is 13.3 Å². The van der Waals surface area contributed by atoms with Gasteiger partial charge in [0.1, 0.15) is 0 Å². The first-order chi connectivity index (χ1) is 7.72. The first-order valence-electron chi connectivity index (χ1n) is 5.52. The van der Waals surface area contributed by atoms with E-state index in [1.54, 1.807) is 11.3 Å². The second kappa shape index (κ2) is 4.95. The summed E-state index contributed by atoms with van der Waals surface area (Å²) < 4.78 is 2.10. The highest BCUT2D eigenvalue weighted by Crippen LogP contribution is 2.16. The van der Waals surface area contributed by atoms with Crippen molar-refractivity contribution >= 4 is 16.3 Å². The van der Waals surface area contributed by atoms with Gasteiger partial charge in [0.05, 0.1) is 17.5 Å². The Bertz CT molecular complexity index is 463. The van der Waals surface area contributed by atoms with Gasteiger partial charge >= 0.3 is 0 Å². The van der Waals surface area contributed by atoms with Crippen molar-refractivity contribution in [3.63, 3.8) is 0 Å². The predicted molar refractivity (Wildman–Crippen MR) is 65.8 cm³/mol. The van der Waals surface area contributed by atoms with E-state index in [9.17, 15) is 5.11 Å². The van der Waals surface area contributed by atoms with Crippen LogP contribution in [0.4, 0.5) is 0 Å². The van der Waals surface area contributed by atoms with Gasteiger partial charge in [0.2, 0.25) is 0 Å². The molecule has 0 aromatic carbocycles. The van der Waals surface area contributed by atoms with Crippen LogP contribution in [0.2, 0.25) is 0 Å². The quantitative estimate of drug-likeness (QED) is 0.832. The highest BCUT2D eigenvalue weighted by atomic mass is 32.1. The second-order valence-corrected chi connectivity index (χ2v) is 4.77. The highest BCUT2D eigenvalue weighted by Gasteiger charge is 2.09. The topological polar surface area (TPSA) is 49.6 Å². The zero-order valence-electron chi connectivity index (χ0n) is 9.60. The van der Waals surface area contributed by atoms with E-state index in [-0.39, 0.29) is 6.10 Å². The summed E-state index contributed by atoms with van der Waals surface area (Å²) in [4.78, 5) is 5.50. The van der Waals surface area contributed by atoms with Crippen LogP contribution in [-0.4, -0.2) is 27.1 Å². The molecular weight excluding hydrogens is 222 g/mol. The molecule has 88 valence electrons. The minimum atomic E-state index is -0.258. The fourth-order valence-corrected chi connectivity index (χ4v) is 2.43. The van der Waals surface area contributed by atoms with Crippen molar-refractivity contribution in [1.82, 2.24) is 14.7 Å². The molecule has 0 spiro atoms. The Morgan fingerprint density at radius 1 is 1.62 bits per heavy atom. The number of aromatic nitrogens is 2. The highest BCUT2D eigenvalue weighted by molar-refractivity contribution is 7.15. The number of rotatable bonds is 5. The van der Waals surface area contributed by atoms with Gasteiger partial charge in [-0.2, -0.15) is 0 Å². The van der Waals surface area contributed by atoms with E-state index >= 15 is 0 Å². The maximum atomic E-state index is 9.45. The number of hydrogen-bond donors (Lipinski definition) is 2. The number of aliphatic hydroxyl groups is 1. The molecule has 0 amide bonds. The number of imidazole rings is 1. The largest absolute Gasteiger partial charge is 0.392 e. The molecule has 0 radical (unpaired) electrons. The van der Waals surface area contributed by atoms with Crippen molar-refractivity contribution in [3.05, 3.63) is 23.0 Å². The molecule has 0 fully saturated rings. The van der Waals surface area contributed by atoms with Crippen LogP contribution in [0.5, 0.6) is 0 Å². The van der Waals surface area contributed by atoms with Gasteiger partial charge in [0, 0.05) is 24.7 Å². The molecule has 0 bridgehead atoms. The van der Waals surface area contributed by atoms with Gasteiger partial charge in [-0.15, -0.1) is 11.3 Å². The minimum Gasteiger partial charge on any atom is -0.392 e. The molecule has 2 aromatic rings. The lowest BCUT2D eigenvalue weighted by molar-refractivity contribution is 0.167. The van der Waals surface area contributed by atoms with E-state index in [2.05, 4.69) is 14.7 Å². The second-order valence-electron chi connectivity index (χ2n) is 3.89. The third kappa shape index (κ3) is 2.26. The van der Waals surface area contributed by atoms with E-state index in [1.165, 1.54) is 5.69 Å². The summed E-state index contributed by atoms with van der Waals surface area (Å²) in [6.07, 6.45) is 2.56. The molecule has 2 rings (SSSR count). The molecule has 1 unspecified atom stereocenters. The van der Waals surface area contributed by atoms with Crippen LogP contribution in [0.15, 0.2) is 11.6 Å². The van der Waals surface area contributed by atoms with Crippen LogP contribution < -0.4 is 5.32 Å². The van der Waals surface area contributed by atoms with Gasteiger partial charge in [-0.25, -0.2) is 4.98 Å². The van der Waals surface area contributed by atoms with E-state index in [0.717, 1.165) is 23.6 Å². The number of aliphatic hydroxyl groups excluding tert-OH is 1. The number of thiazole rings is 1. The van der Waals surface area contributed by atoms with Crippen molar-refractivity contribution < 1.29 is 5.11 Å². The lowest BCUT2D eigenvalue weighted by atomic mass is 10.2. The summed E-state index contributed by atoms with van der Waals surface area (Å²) in [5.41, 5.74) is 2.24. The Morgan fingerprint density at radius 2 is 2.44 bits per heavy atom. The van der Waals surface area contributed by atoms with Gasteiger partial charge in [0.25, 0.3) is 0 Å². The zero-order chi connectivity index (χ0) is 11.5. The Hall–Kier alpha value is -0.910. The lowest BCUT2D eigenvalue weighted by Crippen LogP contribution is -2.26. The Balaban J connectivity index is 2.03. The summed E-state index contributed by atoms with van der Waals surface area (Å²) >= 11 is 1.64. The van der Waals surface area contributed by atoms with Crippen LogP contribution in [0.3, 0.4) is 0 Å². The molecule has 0 aliphatic rings. The van der Waals surface area contributed by atoms with Crippen LogP contribution in [0, 0.1) is 6.92 Å². The summed E-state index contributed by atoms with van der Waals surface area (Å²) in [6.45, 7) is 5.38. The van der Waals surface area contributed by atoms with Gasteiger partial charge in [-0.1, -0.05) is 6.92 Å². The number of nitrogens with zero attached hydrogens (tertiary/aromatic N) is 2. The summed E-state index contributed by atoms with van der Waals surface area (Å²) in [5, 5.41) is 14.7. The SMILES string of the molecule is CCC(O)CNCc1c(C)nc2sccn12. The lowest BCUT2D eigenvalue weighted by Gasteiger charge is -2.09. The molecule has 5 heteroatoms. The number of fused-ring (bicyclic) bond motifs is 1. The molecule has 0 saturated heterocycles. The van der Waals surface area contributed by atoms with Gasteiger partial charge in [-0.3, -0.25) is 4.40 Å². The molecule has 2 aromatic heterocycles. The van der Waals surface area contributed by atoms with Gasteiger partial charge in [0.15, 0.2) is 4.96 Å². The fraction of sp³-hybridized carbons (Fsp3) is 0.545. The average Bonchev–Trinajstić information content (AvgIpc) is 2.81. The number of nitrogens with one attached hydrogen (secondary N) is 1. The maximum Gasteiger partial charge on any atom is 0.194 e. The third-order valence-electron chi connectivity index (χ3n) is 2.70. The summed E-state index contributed by atoms with van der Waals surface area (Å²) in [7, 11) is 0. The van der Waals surface area contributed by atoms with Crippen LogP contribution >= 0.6 is 11.3 Å². The maximum absolute atomic E-state index is 9.45. The Morgan fingerprint density at radius 3 is 3.19 bits per heavy atom. The fourth-order valence-electron chi connectivity index (χ4n) is 1.66. The summed E-state index contributed by atoms with van der Waals surface area (Å²) in [5.74, 6) is 0. The monoisotopic (exact) mass is 239 g/mol. The molecular formula is C11H17N3OS. The van der Waals surface area contributed by atoms with Gasteiger partial charge < -0.3 is 10.4 Å². The molecule has 2 heterocycles. The van der Waals surface area contributed by atoms with Crippen molar-refractivity contribution in [3.8, 4) is 0 Å². The zero-order valence-corrected chi connectivity index (χ0v) is 10.4. The molecule has 2 N–H and O–H groups in total. The molecule has 0 aliphatic heterocycles. The number of hydrogen-bond acceptors (Lipinski definition) is 4. The van der Waals surface area contributed by atoms with Crippen molar-refractivity contribution in [2.75, 3.05) is 6.54 Å². The van der Waals surface area contributed by atoms with E-state index < -0.39 is 0 Å². The number of aryl methyl sites for hydroxylation is 1. The van der Waals surface area contributed by atoms with Crippen LogP contribution in [0.1, 0.15) is 24.7 Å². The van der Waals surface area contributed by atoms with Crippen molar-refractivity contribution in [2.45, 2.75) is 32.9 Å². The third-order valence-corrected chi connectivity index (χ3v) is 3.46. The predicted octanol–water partition coefficient (Wildman–Crippen LogP) is 1.56. The molecule has 0 aliphatic carbocycles. The summed E-state index contributed by atoms with van der Waals surface area (Å²) in [6, 6.07) is 0. The Kier molecular flexibility index (Phi) is 3.58. The van der Waals surface area contributed by atoms with Crippen LogP contribution in [0.25, 0.3) is 4.96 Å². The normalized spacial score (nSPS) is 13.4.